The SMILES string of the molecule is CN1CCO[C@H](C(=O)N[C@H]2CCO[C@H]2c2ccc(Cl)c(F)c2)C1. The Hall–Kier alpha value is -1.21. The van der Waals surface area contributed by atoms with Crippen LogP contribution in [0.4, 0.5) is 4.39 Å². The largest absolute Gasteiger partial charge is 0.371 e. The topological polar surface area (TPSA) is 50.8 Å². The minimum atomic E-state index is -0.484. The molecule has 1 amide bonds. The van der Waals surface area contributed by atoms with Crippen LogP contribution in [0.1, 0.15) is 18.1 Å². The predicted molar refractivity (Wildman–Crippen MR) is 83.9 cm³/mol. The minimum Gasteiger partial charge on any atom is -0.371 e. The molecule has 2 heterocycles. The highest BCUT2D eigenvalue weighted by atomic mass is 35.5. The summed E-state index contributed by atoms with van der Waals surface area (Å²) >= 11 is 5.72. The van der Waals surface area contributed by atoms with Crippen molar-refractivity contribution in [1.29, 1.82) is 0 Å². The van der Waals surface area contributed by atoms with Crippen LogP contribution in [0.2, 0.25) is 5.02 Å². The molecule has 7 heteroatoms. The molecule has 0 aliphatic carbocycles. The Morgan fingerprint density at radius 3 is 2.96 bits per heavy atom. The molecule has 2 aliphatic rings. The average molecular weight is 343 g/mol. The number of hydrogen-bond acceptors (Lipinski definition) is 4. The van der Waals surface area contributed by atoms with Crippen LogP contribution in [0.25, 0.3) is 0 Å². The number of benzene rings is 1. The van der Waals surface area contributed by atoms with Gasteiger partial charge in [-0.25, -0.2) is 4.39 Å². The summed E-state index contributed by atoms with van der Waals surface area (Å²) < 4.78 is 24.9. The number of hydrogen-bond donors (Lipinski definition) is 1. The van der Waals surface area contributed by atoms with E-state index in [-0.39, 0.29) is 23.1 Å². The zero-order chi connectivity index (χ0) is 16.4. The van der Waals surface area contributed by atoms with Gasteiger partial charge in [0, 0.05) is 19.7 Å². The smallest absolute Gasteiger partial charge is 0.250 e. The van der Waals surface area contributed by atoms with Crippen LogP contribution in [0.3, 0.4) is 0 Å². The fourth-order valence-electron chi connectivity index (χ4n) is 2.97. The maximum absolute atomic E-state index is 13.7. The Labute approximate surface area is 139 Å². The molecule has 3 rings (SSSR count). The third kappa shape index (κ3) is 3.83. The van der Waals surface area contributed by atoms with Crippen LogP contribution in [0, 0.1) is 5.82 Å². The molecule has 0 aromatic heterocycles. The molecule has 3 atom stereocenters. The molecule has 2 fully saturated rings. The summed E-state index contributed by atoms with van der Waals surface area (Å²) in [5.74, 6) is -0.631. The summed E-state index contributed by atoms with van der Waals surface area (Å²) in [5, 5.41) is 3.06. The molecule has 1 aromatic rings. The summed E-state index contributed by atoms with van der Waals surface area (Å²) in [7, 11) is 1.96. The van der Waals surface area contributed by atoms with Gasteiger partial charge in [-0.15, -0.1) is 0 Å². The normalized spacial score (nSPS) is 28.7. The zero-order valence-electron chi connectivity index (χ0n) is 12.9. The van der Waals surface area contributed by atoms with E-state index >= 15 is 0 Å². The number of rotatable bonds is 3. The fourth-order valence-corrected chi connectivity index (χ4v) is 3.08. The number of amides is 1. The van der Waals surface area contributed by atoms with Crippen molar-refractivity contribution in [2.24, 2.45) is 0 Å². The Balaban J connectivity index is 1.66. The molecule has 23 heavy (non-hydrogen) atoms. The van der Waals surface area contributed by atoms with E-state index in [1.54, 1.807) is 6.07 Å². The minimum absolute atomic E-state index is 0.0750. The lowest BCUT2D eigenvalue weighted by Gasteiger charge is -2.30. The summed E-state index contributed by atoms with van der Waals surface area (Å²) in [5.41, 5.74) is 0.677. The average Bonchev–Trinajstić information content (AvgIpc) is 2.98. The molecule has 0 unspecified atom stereocenters. The quantitative estimate of drug-likeness (QED) is 0.909. The van der Waals surface area contributed by atoms with E-state index in [9.17, 15) is 9.18 Å². The lowest BCUT2D eigenvalue weighted by molar-refractivity contribution is -0.139. The van der Waals surface area contributed by atoms with Gasteiger partial charge in [-0.05, 0) is 31.2 Å². The van der Waals surface area contributed by atoms with Gasteiger partial charge in [0.15, 0.2) is 0 Å². The molecule has 0 spiro atoms. The van der Waals surface area contributed by atoms with Gasteiger partial charge in [0.1, 0.15) is 18.0 Å². The molecule has 5 nitrogen and oxygen atoms in total. The Morgan fingerprint density at radius 2 is 2.22 bits per heavy atom. The van der Waals surface area contributed by atoms with E-state index in [1.807, 2.05) is 7.05 Å². The van der Waals surface area contributed by atoms with E-state index in [0.717, 1.165) is 6.54 Å². The summed E-state index contributed by atoms with van der Waals surface area (Å²) in [6, 6.07) is 4.40. The maximum Gasteiger partial charge on any atom is 0.250 e. The lowest BCUT2D eigenvalue weighted by atomic mass is 10.0. The molecule has 0 bridgehead atoms. The van der Waals surface area contributed by atoms with Crippen molar-refractivity contribution in [2.75, 3.05) is 33.4 Å². The van der Waals surface area contributed by atoms with Crippen molar-refractivity contribution in [3.05, 3.63) is 34.6 Å². The van der Waals surface area contributed by atoms with E-state index in [0.29, 0.717) is 31.7 Å². The Kier molecular flexibility index (Phi) is 5.16. The highest BCUT2D eigenvalue weighted by Crippen LogP contribution is 2.31. The van der Waals surface area contributed by atoms with Gasteiger partial charge in [-0.3, -0.25) is 4.79 Å². The first kappa shape index (κ1) is 16.6. The van der Waals surface area contributed by atoms with Crippen molar-refractivity contribution in [3.63, 3.8) is 0 Å². The molecular formula is C16H20ClFN2O3. The monoisotopic (exact) mass is 342 g/mol. The van der Waals surface area contributed by atoms with Crippen molar-refractivity contribution < 1.29 is 18.7 Å². The second kappa shape index (κ2) is 7.13. The van der Waals surface area contributed by atoms with Crippen LogP contribution in [-0.2, 0) is 14.3 Å². The first-order valence-corrected chi connectivity index (χ1v) is 8.09. The zero-order valence-corrected chi connectivity index (χ0v) is 13.7. The van der Waals surface area contributed by atoms with E-state index in [1.165, 1.54) is 12.1 Å². The van der Waals surface area contributed by atoms with Gasteiger partial charge >= 0.3 is 0 Å². The molecular weight excluding hydrogens is 323 g/mol. The first-order valence-electron chi connectivity index (χ1n) is 7.71. The first-order chi connectivity index (χ1) is 11.0. The van der Waals surface area contributed by atoms with E-state index in [4.69, 9.17) is 21.1 Å². The lowest BCUT2D eigenvalue weighted by Crippen LogP contribution is -2.51. The maximum atomic E-state index is 13.7. The number of carbonyl (C=O) groups excluding carboxylic acids is 1. The summed E-state index contributed by atoms with van der Waals surface area (Å²) in [4.78, 5) is 14.4. The Morgan fingerprint density at radius 1 is 1.39 bits per heavy atom. The van der Waals surface area contributed by atoms with Gasteiger partial charge in [0.25, 0.3) is 5.91 Å². The van der Waals surface area contributed by atoms with E-state index in [2.05, 4.69) is 10.2 Å². The fraction of sp³-hybridized carbons (Fsp3) is 0.562. The second-order valence-electron chi connectivity index (χ2n) is 5.99. The van der Waals surface area contributed by atoms with Crippen LogP contribution in [-0.4, -0.2) is 56.3 Å². The van der Waals surface area contributed by atoms with Gasteiger partial charge in [0.2, 0.25) is 0 Å². The van der Waals surface area contributed by atoms with Crippen LogP contribution in [0.15, 0.2) is 18.2 Å². The number of halogens is 2. The highest BCUT2D eigenvalue weighted by molar-refractivity contribution is 6.30. The van der Waals surface area contributed by atoms with Crippen molar-refractivity contribution in [1.82, 2.24) is 10.2 Å². The molecule has 2 aliphatic heterocycles. The molecule has 2 saturated heterocycles. The van der Waals surface area contributed by atoms with Gasteiger partial charge in [-0.2, -0.15) is 0 Å². The second-order valence-corrected chi connectivity index (χ2v) is 6.40. The summed E-state index contributed by atoms with van der Waals surface area (Å²) in [6.45, 7) is 2.45. The predicted octanol–water partition coefficient (Wildman–Crippen LogP) is 1.76. The Bertz CT molecular complexity index is 586. The molecule has 0 saturated carbocycles. The van der Waals surface area contributed by atoms with Crippen molar-refractivity contribution >= 4 is 17.5 Å². The molecule has 126 valence electrons. The number of nitrogens with zero attached hydrogens (tertiary/aromatic N) is 1. The van der Waals surface area contributed by atoms with Crippen molar-refractivity contribution in [2.45, 2.75) is 24.7 Å². The number of likely N-dealkylation sites (N-methyl/N-ethyl adjacent to an activating group) is 1. The molecule has 0 radical (unpaired) electrons. The number of nitrogens with one attached hydrogen (secondary N) is 1. The highest BCUT2D eigenvalue weighted by Gasteiger charge is 2.34. The molecule has 1 N–H and O–H groups in total. The third-order valence-corrected chi connectivity index (χ3v) is 4.56. The molecule has 1 aromatic carbocycles. The standard InChI is InChI=1S/C16H20ClFN2O3/c1-20-5-7-22-14(9-20)16(21)19-13-4-6-23-15(13)10-2-3-11(17)12(18)8-10/h2-3,8,13-15H,4-7,9H2,1H3,(H,19,21)/t13-,14-,15-/m0/s1. The summed E-state index contributed by atoms with van der Waals surface area (Å²) in [6.07, 6.45) is -0.160. The number of carbonyl (C=O) groups is 1. The van der Waals surface area contributed by atoms with Crippen LogP contribution < -0.4 is 5.32 Å². The van der Waals surface area contributed by atoms with Crippen LogP contribution in [0.5, 0.6) is 0 Å². The van der Waals surface area contributed by atoms with Crippen molar-refractivity contribution in [3.8, 4) is 0 Å². The third-order valence-electron chi connectivity index (χ3n) is 4.25. The van der Waals surface area contributed by atoms with Gasteiger partial charge < -0.3 is 19.7 Å². The number of morpholine rings is 1. The van der Waals surface area contributed by atoms with Gasteiger partial charge in [-0.1, -0.05) is 17.7 Å². The van der Waals surface area contributed by atoms with E-state index < -0.39 is 11.9 Å². The van der Waals surface area contributed by atoms with Crippen LogP contribution >= 0.6 is 11.6 Å². The van der Waals surface area contributed by atoms with Gasteiger partial charge in [0.05, 0.1) is 17.7 Å². The number of ether oxygens (including phenoxy) is 2.